The summed E-state index contributed by atoms with van der Waals surface area (Å²) < 4.78 is 1.88. The highest BCUT2D eigenvalue weighted by atomic mass is 16.2. The van der Waals surface area contributed by atoms with Gasteiger partial charge in [0.25, 0.3) is 0 Å². The Kier molecular flexibility index (Phi) is 3.02. The number of hydrogen-bond acceptors (Lipinski definition) is 4. The molecule has 0 bridgehead atoms. The zero-order valence-corrected chi connectivity index (χ0v) is 11.3. The Morgan fingerprint density at radius 2 is 2.20 bits per heavy atom. The second-order valence-corrected chi connectivity index (χ2v) is 5.21. The lowest BCUT2D eigenvalue weighted by Gasteiger charge is -2.36. The van der Waals surface area contributed by atoms with Crippen molar-refractivity contribution in [3.05, 3.63) is 36.5 Å². The lowest BCUT2D eigenvalue weighted by atomic mass is 9.77. The molecule has 1 saturated carbocycles. The van der Waals surface area contributed by atoms with Crippen molar-refractivity contribution in [1.82, 2.24) is 14.5 Å². The number of anilines is 1. The van der Waals surface area contributed by atoms with Crippen LogP contribution in [0.15, 0.2) is 30.7 Å². The van der Waals surface area contributed by atoms with Crippen LogP contribution in [0, 0.1) is 6.92 Å². The van der Waals surface area contributed by atoms with E-state index in [1.807, 2.05) is 29.8 Å². The number of hydrogen-bond donors (Lipinski definition) is 2. The minimum absolute atomic E-state index is 0.128. The number of aromatic nitrogens is 3. The highest BCUT2D eigenvalue weighted by Gasteiger charge is 2.40. The fraction of sp³-hybridized carbons (Fsp3) is 0.357. The van der Waals surface area contributed by atoms with Crippen LogP contribution in [0.1, 0.15) is 25.1 Å². The van der Waals surface area contributed by atoms with Crippen molar-refractivity contribution in [3.8, 4) is 5.82 Å². The Bertz CT molecular complexity index is 627. The van der Waals surface area contributed by atoms with Crippen LogP contribution < -0.4 is 11.1 Å². The van der Waals surface area contributed by atoms with Crippen molar-refractivity contribution in [3.63, 3.8) is 0 Å². The molecule has 2 heterocycles. The Hall–Kier alpha value is -2.21. The van der Waals surface area contributed by atoms with Crippen LogP contribution in [0.5, 0.6) is 0 Å². The molecule has 1 amide bonds. The summed E-state index contributed by atoms with van der Waals surface area (Å²) >= 11 is 0. The number of nitrogens with zero attached hydrogens (tertiary/aromatic N) is 3. The molecule has 0 spiro atoms. The van der Waals surface area contributed by atoms with Gasteiger partial charge in [-0.25, -0.2) is 9.97 Å². The summed E-state index contributed by atoms with van der Waals surface area (Å²) in [5.41, 5.74) is 5.94. The van der Waals surface area contributed by atoms with Gasteiger partial charge in [0, 0.05) is 12.4 Å². The number of nitrogens with two attached hydrogens (primary N) is 1. The second-order valence-electron chi connectivity index (χ2n) is 5.21. The predicted octanol–water partition coefficient (Wildman–Crippen LogP) is 1.40. The summed E-state index contributed by atoms with van der Waals surface area (Å²) in [4.78, 5) is 20.5. The Balaban J connectivity index is 1.74. The number of rotatable bonds is 3. The van der Waals surface area contributed by atoms with Crippen LogP contribution in [0.2, 0.25) is 0 Å². The van der Waals surface area contributed by atoms with E-state index in [1.165, 1.54) is 0 Å². The van der Waals surface area contributed by atoms with Gasteiger partial charge in [-0.05, 0) is 38.3 Å². The van der Waals surface area contributed by atoms with Gasteiger partial charge in [-0.1, -0.05) is 0 Å². The first-order chi connectivity index (χ1) is 9.58. The van der Waals surface area contributed by atoms with Crippen LogP contribution in [-0.2, 0) is 4.79 Å². The largest absolute Gasteiger partial charge is 0.323 e. The van der Waals surface area contributed by atoms with E-state index in [1.54, 1.807) is 12.4 Å². The fourth-order valence-electron chi connectivity index (χ4n) is 2.26. The molecule has 2 aromatic rings. The highest BCUT2D eigenvalue weighted by molar-refractivity contribution is 5.98. The van der Waals surface area contributed by atoms with Crippen molar-refractivity contribution in [1.29, 1.82) is 0 Å². The van der Waals surface area contributed by atoms with Crippen LogP contribution in [0.3, 0.4) is 0 Å². The molecule has 1 fully saturated rings. The molecule has 0 aromatic carbocycles. The maximum absolute atomic E-state index is 12.0. The molecule has 0 unspecified atom stereocenters. The SMILES string of the molecule is Cc1nccn1-c1ccc(NC(=O)C2(N)CCC2)cn1. The number of carbonyl (C=O) groups excluding carboxylic acids is 1. The summed E-state index contributed by atoms with van der Waals surface area (Å²) in [6.45, 7) is 1.91. The Morgan fingerprint density at radius 3 is 2.70 bits per heavy atom. The zero-order valence-electron chi connectivity index (χ0n) is 11.3. The number of imidazole rings is 1. The molecule has 1 aliphatic rings. The molecule has 0 radical (unpaired) electrons. The molecule has 20 heavy (non-hydrogen) atoms. The van der Waals surface area contributed by atoms with E-state index in [0.29, 0.717) is 5.69 Å². The first-order valence-corrected chi connectivity index (χ1v) is 6.65. The van der Waals surface area contributed by atoms with Gasteiger partial charge in [0.2, 0.25) is 5.91 Å². The second kappa shape index (κ2) is 4.72. The van der Waals surface area contributed by atoms with Crippen molar-refractivity contribution in [2.75, 3.05) is 5.32 Å². The van der Waals surface area contributed by atoms with Crippen LogP contribution in [-0.4, -0.2) is 26.0 Å². The molecule has 6 nitrogen and oxygen atoms in total. The lowest BCUT2D eigenvalue weighted by Crippen LogP contribution is -2.56. The summed E-state index contributed by atoms with van der Waals surface area (Å²) in [7, 11) is 0. The minimum atomic E-state index is -0.695. The Morgan fingerprint density at radius 1 is 1.40 bits per heavy atom. The third-order valence-corrected chi connectivity index (χ3v) is 3.78. The molecule has 0 aliphatic heterocycles. The van der Waals surface area contributed by atoms with E-state index in [0.717, 1.165) is 30.9 Å². The molecule has 0 saturated heterocycles. The maximum Gasteiger partial charge on any atom is 0.244 e. The molecule has 104 valence electrons. The van der Waals surface area contributed by atoms with Crippen molar-refractivity contribution >= 4 is 11.6 Å². The normalized spacial score (nSPS) is 16.5. The third kappa shape index (κ3) is 2.18. The van der Waals surface area contributed by atoms with Crippen molar-refractivity contribution in [2.24, 2.45) is 5.73 Å². The van der Waals surface area contributed by atoms with Crippen LogP contribution >= 0.6 is 0 Å². The van der Waals surface area contributed by atoms with Crippen molar-refractivity contribution in [2.45, 2.75) is 31.7 Å². The van der Waals surface area contributed by atoms with Gasteiger partial charge < -0.3 is 11.1 Å². The van der Waals surface area contributed by atoms with E-state index < -0.39 is 5.54 Å². The molecule has 2 aromatic heterocycles. The highest BCUT2D eigenvalue weighted by Crippen LogP contribution is 2.30. The lowest BCUT2D eigenvalue weighted by molar-refractivity contribution is -0.123. The average molecular weight is 271 g/mol. The predicted molar refractivity (Wildman–Crippen MR) is 75.5 cm³/mol. The molecule has 6 heteroatoms. The van der Waals surface area contributed by atoms with Gasteiger partial charge in [0.05, 0.1) is 17.4 Å². The van der Waals surface area contributed by atoms with E-state index in [2.05, 4.69) is 15.3 Å². The third-order valence-electron chi connectivity index (χ3n) is 3.78. The smallest absolute Gasteiger partial charge is 0.244 e. The molecular formula is C14H17N5O. The standard InChI is InChI=1S/C14H17N5O/c1-10-16-7-8-19(10)12-4-3-11(9-17-12)18-13(20)14(15)5-2-6-14/h3-4,7-9H,2,5-6,15H2,1H3,(H,18,20). The molecule has 3 rings (SSSR count). The Labute approximate surface area is 117 Å². The summed E-state index contributed by atoms with van der Waals surface area (Å²) in [6, 6.07) is 3.66. The van der Waals surface area contributed by atoms with Gasteiger partial charge in [0.15, 0.2) is 0 Å². The fourth-order valence-corrected chi connectivity index (χ4v) is 2.26. The molecule has 0 atom stereocenters. The van der Waals surface area contributed by atoms with Gasteiger partial charge in [-0.2, -0.15) is 0 Å². The van der Waals surface area contributed by atoms with Crippen molar-refractivity contribution < 1.29 is 4.79 Å². The molecule has 3 N–H and O–H groups in total. The number of nitrogens with one attached hydrogen (secondary N) is 1. The molecule has 1 aliphatic carbocycles. The van der Waals surface area contributed by atoms with E-state index >= 15 is 0 Å². The van der Waals surface area contributed by atoms with E-state index in [9.17, 15) is 4.79 Å². The van der Waals surface area contributed by atoms with E-state index in [4.69, 9.17) is 5.73 Å². The number of amides is 1. The first kappa shape index (κ1) is 12.8. The van der Waals surface area contributed by atoms with Gasteiger partial charge >= 0.3 is 0 Å². The van der Waals surface area contributed by atoms with Crippen LogP contribution in [0.4, 0.5) is 5.69 Å². The maximum atomic E-state index is 12.0. The number of aryl methyl sites for hydroxylation is 1. The summed E-state index contributed by atoms with van der Waals surface area (Å²) in [5.74, 6) is 1.51. The summed E-state index contributed by atoms with van der Waals surface area (Å²) in [6.07, 6.45) is 7.72. The first-order valence-electron chi connectivity index (χ1n) is 6.65. The number of carbonyl (C=O) groups is 1. The topological polar surface area (TPSA) is 85.8 Å². The molecular weight excluding hydrogens is 254 g/mol. The summed E-state index contributed by atoms with van der Waals surface area (Å²) in [5, 5.41) is 2.82. The van der Waals surface area contributed by atoms with Crippen LogP contribution in [0.25, 0.3) is 5.82 Å². The number of pyridine rings is 1. The van der Waals surface area contributed by atoms with Gasteiger partial charge in [-0.15, -0.1) is 0 Å². The average Bonchev–Trinajstić information content (AvgIpc) is 2.83. The van der Waals surface area contributed by atoms with Gasteiger partial charge in [0.1, 0.15) is 11.6 Å². The monoisotopic (exact) mass is 271 g/mol. The zero-order chi connectivity index (χ0) is 14.2. The minimum Gasteiger partial charge on any atom is -0.323 e. The quantitative estimate of drug-likeness (QED) is 0.883. The van der Waals surface area contributed by atoms with E-state index in [-0.39, 0.29) is 5.91 Å². The van der Waals surface area contributed by atoms with Gasteiger partial charge in [-0.3, -0.25) is 9.36 Å².